The van der Waals surface area contributed by atoms with Crippen molar-refractivity contribution in [2.45, 2.75) is 17.7 Å². The maximum Gasteiger partial charge on any atom is 0.303 e. The van der Waals surface area contributed by atoms with Gasteiger partial charge in [-0.1, -0.05) is 11.3 Å². The van der Waals surface area contributed by atoms with Crippen molar-refractivity contribution >= 4 is 48.4 Å². The third kappa shape index (κ3) is 5.70. The molecular weight excluding hydrogens is 473 g/mol. The summed E-state index contributed by atoms with van der Waals surface area (Å²) >= 11 is 1.47. The van der Waals surface area contributed by atoms with Crippen molar-refractivity contribution in [3.8, 4) is 5.75 Å². The third-order valence-electron chi connectivity index (χ3n) is 4.92. The largest absolute Gasteiger partial charge is 0.491 e. The van der Waals surface area contributed by atoms with E-state index in [1.54, 1.807) is 18.2 Å². The van der Waals surface area contributed by atoms with E-state index in [1.165, 1.54) is 23.5 Å². The smallest absolute Gasteiger partial charge is 0.303 e. The first-order chi connectivity index (χ1) is 15.8. The molecule has 4 rings (SSSR count). The summed E-state index contributed by atoms with van der Waals surface area (Å²) in [6.45, 7) is 2.80. The molecule has 0 atom stereocenters. The second kappa shape index (κ2) is 9.89. The van der Waals surface area contributed by atoms with Gasteiger partial charge in [-0.15, -0.1) is 0 Å². The van der Waals surface area contributed by atoms with Crippen molar-refractivity contribution in [3.63, 3.8) is 0 Å². The van der Waals surface area contributed by atoms with Gasteiger partial charge in [-0.05, 0) is 42.8 Å². The molecule has 0 unspecified atom stereocenters. The van der Waals surface area contributed by atoms with Gasteiger partial charge in [0.1, 0.15) is 0 Å². The van der Waals surface area contributed by atoms with Crippen LogP contribution in [0.2, 0.25) is 0 Å². The number of thiazole rings is 1. The highest BCUT2D eigenvalue weighted by Gasteiger charge is 2.19. The molecule has 2 heterocycles. The van der Waals surface area contributed by atoms with Crippen molar-refractivity contribution in [1.82, 2.24) is 4.98 Å². The van der Waals surface area contributed by atoms with Crippen LogP contribution in [0, 0.1) is 5.82 Å². The predicted octanol–water partition coefficient (Wildman–Crippen LogP) is 3.32. The number of benzene rings is 2. The van der Waals surface area contributed by atoms with Crippen molar-refractivity contribution in [2.75, 3.05) is 42.5 Å². The highest BCUT2D eigenvalue weighted by molar-refractivity contribution is 7.92. The number of anilines is 2. The van der Waals surface area contributed by atoms with Gasteiger partial charge in [-0.3, -0.25) is 9.52 Å². The van der Waals surface area contributed by atoms with Crippen LogP contribution in [0.25, 0.3) is 10.2 Å². The minimum atomic E-state index is -4.04. The second-order valence-corrected chi connectivity index (χ2v) is 10.0. The predicted molar refractivity (Wildman–Crippen MR) is 122 cm³/mol. The molecule has 12 heteroatoms. The molecule has 9 nitrogen and oxygen atoms in total. The van der Waals surface area contributed by atoms with Gasteiger partial charge in [0.2, 0.25) is 0 Å². The summed E-state index contributed by atoms with van der Waals surface area (Å²) in [5.41, 5.74) is 1.11. The second-order valence-electron chi connectivity index (χ2n) is 7.32. The van der Waals surface area contributed by atoms with E-state index in [9.17, 15) is 17.6 Å². The Labute approximate surface area is 193 Å². The number of sulfonamides is 1. The average Bonchev–Trinajstić information content (AvgIpc) is 3.21. The summed E-state index contributed by atoms with van der Waals surface area (Å²) in [6.07, 6.45) is 0.111. The molecule has 0 bridgehead atoms. The number of fused-ring (bicyclic) bond motifs is 1. The summed E-state index contributed by atoms with van der Waals surface area (Å²) in [6, 6.07) is 8.37. The lowest BCUT2D eigenvalue weighted by Gasteiger charge is -2.25. The summed E-state index contributed by atoms with van der Waals surface area (Å²) in [5, 5.41) is 9.47. The SMILES string of the molecule is O=C(O)CCCOc1ccc(S(=O)(=O)Nc2ccc3nc(N4CCOCC4)sc3c2)cc1F. The summed E-state index contributed by atoms with van der Waals surface area (Å²) in [4.78, 5) is 17.0. The number of ether oxygens (including phenoxy) is 2. The first-order valence-corrected chi connectivity index (χ1v) is 12.5. The molecule has 0 spiro atoms. The number of carbonyl (C=O) groups is 1. The van der Waals surface area contributed by atoms with E-state index in [1.807, 2.05) is 0 Å². The molecule has 1 fully saturated rings. The van der Waals surface area contributed by atoms with E-state index in [4.69, 9.17) is 14.6 Å². The minimum absolute atomic E-state index is 0.00880. The Morgan fingerprint density at radius 2 is 2.03 bits per heavy atom. The lowest BCUT2D eigenvalue weighted by molar-refractivity contribution is -0.137. The maximum atomic E-state index is 14.3. The molecule has 1 saturated heterocycles. The van der Waals surface area contributed by atoms with E-state index in [2.05, 4.69) is 14.6 Å². The molecule has 3 aromatic rings. The van der Waals surface area contributed by atoms with Gasteiger partial charge in [-0.2, -0.15) is 0 Å². The zero-order valence-corrected chi connectivity index (χ0v) is 19.1. The number of nitrogens with zero attached hydrogens (tertiary/aromatic N) is 2. The van der Waals surface area contributed by atoms with Crippen LogP contribution < -0.4 is 14.4 Å². The summed E-state index contributed by atoms with van der Waals surface area (Å²) in [5.74, 6) is -1.96. The maximum absolute atomic E-state index is 14.3. The van der Waals surface area contributed by atoms with Crippen LogP contribution in [0.3, 0.4) is 0 Å². The van der Waals surface area contributed by atoms with Gasteiger partial charge in [0.15, 0.2) is 16.7 Å². The van der Waals surface area contributed by atoms with E-state index in [0.29, 0.717) is 18.9 Å². The Morgan fingerprint density at radius 3 is 2.76 bits per heavy atom. The zero-order chi connectivity index (χ0) is 23.4. The lowest BCUT2D eigenvalue weighted by Crippen LogP contribution is -2.36. The standard InChI is InChI=1S/C21H22FN3O6S2/c22-16-13-15(4-6-18(16)31-9-1-2-20(26)27)33(28,29)24-14-3-5-17-19(12-14)32-21(23-17)25-7-10-30-11-8-25/h3-6,12-13,24H,1-2,7-11H2,(H,26,27). The van der Waals surface area contributed by atoms with Gasteiger partial charge in [0, 0.05) is 19.5 Å². The number of aromatic nitrogens is 1. The monoisotopic (exact) mass is 495 g/mol. The van der Waals surface area contributed by atoms with Crippen LogP contribution in [0.5, 0.6) is 5.75 Å². The number of hydrogen-bond donors (Lipinski definition) is 2. The van der Waals surface area contributed by atoms with Crippen LogP contribution in [0.4, 0.5) is 15.2 Å². The van der Waals surface area contributed by atoms with Crippen LogP contribution in [0.1, 0.15) is 12.8 Å². The van der Waals surface area contributed by atoms with Crippen LogP contribution in [-0.4, -0.2) is 57.4 Å². The molecule has 0 radical (unpaired) electrons. The fourth-order valence-electron chi connectivity index (χ4n) is 3.25. The molecule has 0 aliphatic carbocycles. The topological polar surface area (TPSA) is 118 Å². The summed E-state index contributed by atoms with van der Waals surface area (Å²) < 4.78 is 53.7. The molecular formula is C21H22FN3O6S2. The van der Waals surface area contributed by atoms with Crippen molar-refractivity contribution in [3.05, 3.63) is 42.2 Å². The first kappa shape index (κ1) is 23.2. The molecule has 0 saturated carbocycles. The average molecular weight is 496 g/mol. The Hall–Kier alpha value is -2.96. The van der Waals surface area contributed by atoms with Gasteiger partial charge in [0.25, 0.3) is 10.0 Å². The minimum Gasteiger partial charge on any atom is -0.491 e. The number of nitrogens with one attached hydrogen (secondary N) is 1. The van der Waals surface area contributed by atoms with Gasteiger partial charge in [0.05, 0.1) is 40.6 Å². The van der Waals surface area contributed by atoms with Gasteiger partial charge < -0.3 is 19.5 Å². The van der Waals surface area contributed by atoms with E-state index in [-0.39, 0.29) is 30.1 Å². The highest BCUT2D eigenvalue weighted by Crippen LogP contribution is 2.32. The molecule has 176 valence electrons. The molecule has 0 amide bonds. The van der Waals surface area contributed by atoms with Crippen molar-refractivity contribution in [2.24, 2.45) is 0 Å². The van der Waals surface area contributed by atoms with Crippen LogP contribution in [0.15, 0.2) is 41.3 Å². The quantitative estimate of drug-likeness (QED) is 0.434. The fraction of sp³-hybridized carbons (Fsp3) is 0.333. The number of morpholine rings is 1. The number of carboxylic acids is 1. The lowest BCUT2D eigenvalue weighted by atomic mass is 10.3. The van der Waals surface area contributed by atoms with E-state index in [0.717, 1.165) is 34.5 Å². The molecule has 2 aromatic carbocycles. The van der Waals surface area contributed by atoms with Gasteiger partial charge in [-0.25, -0.2) is 17.8 Å². The number of aliphatic carboxylic acids is 1. The zero-order valence-electron chi connectivity index (χ0n) is 17.5. The number of carboxylic acid groups (broad SMARTS) is 1. The number of halogens is 1. The molecule has 2 N–H and O–H groups in total. The van der Waals surface area contributed by atoms with E-state index < -0.39 is 21.8 Å². The molecule has 1 aliphatic rings. The first-order valence-electron chi connectivity index (χ1n) is 10.2. The molecule has 1 aliphatic heterocycles. The summed E-state index contributed by atoms with van der Waals surface area (Å²) in [7, 11) is -4.04. The Bertz CT molecular complexity index is 1260. The Balaban J connectivity index is 1.46. The van der Waals surface area contributed by atoms with E-state index >= 15 is 0 Å². The third-order valence-corrected chi connectivity index (χ3v) is 7.38. The Kier molecular flexibility index (Phi) is 6.96. The highest BCUT2D eigenvalue weighted by atomic mass is 32.2. The number of hydrogen-bond acceptors (Lipinski definition) is 8. The van der Waals surface area contributed by atoms with Crippen molar-refractivity contribution < 1.29 is 32.2 Å². The fourth-order valence-corrected chi connectivity index (χ4v) is 5.37. The van der Waals surface area contributed by atoms with Crippen LogP contribution >= 0.6 is 11.3 Å². The van der Waals surface area contributed by atoms with Crippen LogP contribution in [-0.2, 0) is 19.6 Å². The Morgan fingerprint density at radius 1 is 1.24 bits per heavy atom. The molecule has 1 aromatic heterocycles. The van der Waals surface area contributed by atoms with Crippen molar-refractivity contribution in [1.29, 1.82) is 0 Å². The van der Waals surface area contributed by atoms with Gasteiger partial charge >= 0.3 is 5.97 Å². The number of rotatable bonds is 9. The molecule has 33 heavy (non-hydrogen) atoms. The normalized spacial score (nSPS) is 14.4.